The molecule has 0 amide bonds. The molecule has 1 aliphatic heterocycles. The summed E-state index contributed by atoms with van der Waals surface area (Å²) in [6, 6.07) is 3.47. The van der Waals surface area contributed by atoms with Crippen LogP contribution in [-0.2, 0) is 19.1 Å². The van der Waals surface area contributed by atoms with Gasteiger partial charge in [0.25, 0.3) is 5.79 Å². The summed E-state index contributed by atoms with van der Waals surface area (Å²) < 4.78 is 15.7. The first-order chi connectivity index (χ1) is 8.87. The number of ether oxygens (including phenoxy) is 2. The fraction of sp³-hybridized carbons (Fsp3) is 0.231. The number of hydrogen-bond donors (Lipinski definition) is 0. The Labute approximate surface area is 118 Å². The Kier molecular flexibility index (Phi) is 3.61. The Morgan fingerprint density at radius 1 is 1.16 bits per heavy atom. The van der Waals surface area contributed by atoms with Gasteiger partial charge >= 0.3 is 11.9 Å². The van der Waals surface area contributed by atoms with E-state index in [1.54, 1.807) is 18.2 Å². The lowest BCUT2D eigenvalue weighted by Gasteiger charge is -2.29. The van der Waals surface area contributed by atoms with Crippen molar-refractivity contribution in [3.63, 3.8) is 0 Å². The standard InChI is InChI=1S/C13H11BrO5/c1-13(2)18-11(15)9(12(16)19-13)5-3-4-8-6-7-10(14)17-8/h3-7H,1-2H3. The number of halogens is 1. The zero-order chi connectivity index (χ0) is 14.0. The van der Waals surface area contributed by atoms with Crippen molar-refractivity contribution in [2.75, 3.05) is 0 Å². The summed E-state index contributed by atoms with van der Waals surface area (Å²) in [7, 11) is 0. The lowest BCUT2D eigenvalue weighted by molar-refractivity contribution is -0.222. The molecule has 19 heavy (non-hydrogen) atoms. The number of esters is 2. The molecule has 5 nitrogen and oxygen atoms in total. The summed E-state index contributed by atoms with van der Waals surface area (Å²) in [5.74, 6) is -2.04. The van der Waals surface area contributed by atoms with E-state index >= 15 is 0 Å². The van der Waals surface area contributed by atoms with Gasteiger partial charge in [0, 0.05) is 13.8 Å². The number of furan rings is 1. The molecule has 1 aliphatic rings. The molecule has 0 aromatic carbocycles. The predicted molar refractivity (Wildman–Crippen MR) is 69.8 cm³/mol. The minimum atomic E-state index is -1.22. The largest absolute Gasteiger partial charge is 0.450 e. The van der Waals surface area contributed by atoms with Gasteiger partial charge in [-0.25, -0.2) is 9.59 Å². The van der Waals surface area contributed by atoms with Crippen molar-refractivity contribution >= 4 is 33.9 Å². The summed E-state index contributed by atoms with van der Waals surface area (Å²) in [4.78, 5) is 23.2. The van der Waals surface area contributed by atoms with Crippen molar-refractivity contribution in [3.05, 3.63) is 40.3 Å². The smallest absolute Gasteiger partial charge is 0.348 e. The molecule has 0 N–H and O–H groups in total. The minimum Gasteiger partial charge on any atom is -0.450 e. The third kappa shape index (κ3) is 3.35. The van der Waals surface area contributed by atoms with E-state index in [9.17, 15) is 9.59 Å². The zero-order valence-corrected chi connectivity index (χ0v) is 11.9. The summed E-state index contributed by atoms with van der Waals surface area (Å²) in [6.45, 7) is 2.99. The van der Waals surface area contributed by atoms with Gasteiger partial charge in [0.05, 0.1) is 0 Å². The van der Waals surface area contributed by atoms with Crippen molar-refractivity contribution in [2.45, 2.75) is 19.6 Å². The highest BCUT2D eigenvalue weighted by Crippen LogP contribution is 2.22. The first kappa shape index (κ1) is 13.6. The summed E-state index contributed by atoms with van der Waals surface area (Å²) in [6.07, 6.45) is 4.45. The molecule has 0 spiro atoms. The highest BCUT2D eigenvalue weighted by atomic mass is 79.9. The van der Waals surface area contributed by atoms with Gasteiger partial charge in [-0.3, -0.25) is 0 Å². The number of hydrogen-bond acceptors (Lipinski definition) is 5. The van der Waals surface area contributed by atoms with Crippen LogP contribution in [0, 0.1) is 0 Å². The quantitative estimate of drug-likeness (QED) is 0.475. The van der Waals surface area contributed by atoms with Gasteiger partial charge in [0.1, 0.15) is 11.3 Å². The maximum absolute atomic E-state index is 11.6. The average molecular weight is 327 g/mol. The topological polar surface area (TPSA) is 65.7 Å². The molecule has 1 fully saturated rings. The van der Waals surface area contributed by atoms with Crippen LogP contribution in [0.5, 0.6) is 0 Å². The van der Waals surface area contributed by atoms with Crippen LogP contribution >= 0.6 is 15.9 Å². The number of carbonyl (C=O) groups is 2. The molecule has 0 radical (unpaired) electrons. The molecule has 6 heteroatoms. The number of allylic oxidation sites excluding steroid dienone is 2. The van der Waals surface area contributed by atoms with Crippen molar-refractivity contribution in [3.8, 4) is 0 Å². The second-order valence-electron chi connectivity index (χ2n) is 4.26. The molecule has 1 aromatic rings. The molecule has 0 saturated carbocycles. The summed E-state index contributed by atoms with van der Waals surface area (Å²) >= 11 is 3.17. The highest BCUT2D eigenvalue weighted by molar-refractivity contribution is 9.10. The SMILES string of the molecule is CC1(C)OC(=O)C(=CC=Cc2ccc(Br)o2)C(=O)O1. The Morgan fingerprint density at radius 2 is 1.79 bits per heavy atom. The van der Waals surface area contributed by atoms with Gasteiger partial charge < -0.3 is 13.9 Å². The van der Waals surface area contributed by atoms with Crippen molar-refractivity contribution in [1.29, 1.82) is 0 Å². The third-order valence-corrected chi connectivity index (χ3v) is 2.66. The lowest BCUT2D eigenvalue weighted by Crippen LogP contribution is -2.41. The molecule has 100 valence electrons. The first-order valence-electron chi connectivity index (χ1n) is 5.48. The Bertz CT molecular complexity index is 558. The van der Waals surface area contributed by atoms with Crippen molar-refractivity contribution in [1.82, 2.24) is 0 Å². The summed E-state index contributed by atoms with van der Waals surface area (Å²) in [5, 5.41) is 0. The van der Waals surface area contributed by atoms with E-state index in [2.05, 4.69) is 15.9 Å². The van der Waals surface area contributed by atoms with E-state index in [1.807, 2.05) is 0 Å². The van der Waals surface area contributed by atoms with Gasteiger partial charge in [0.15, 0.2) is 4.67 Å². The van der Waals surface area contributed by atoms with Crippen molar-refractivity contribution < 1.29 is 23.5 Å². The molecular weight excluding hydrogens is 316 g/mol. The normalized spacial score (nSPS) is 18.4. The predicted octanol–water partition coefficient (Wildman–Crippen LogP) is 2.82. The van der Waals surface area contributed by atoms with Crippen LogP contribution in [-0.4, -0.2) is 17.7 Å². The fourth-order valence-electron chi connectivity index (χ4n) is 1.45. The van der Waals surface area contributed by atoms with Crippen molar-refractivity contribution in [2.24, 2.45) is 0 Å². The fourth-order valence-corrected chi connectivity index (χ4v) is 1.77. The first-order valence-corrected chi connectivity index (χ1v) is 6.27. The molecule has 2 rings (SSSR count). The van der Waals surface area contributed by atoms with Crippen LogP contribution in [0.3, 0.4) is 0 Å². The van der Waals surface area contributed by atoms with E-state index in [0.717, 1.165) is 0 Å². The molecule has 1 aromatic heterocycles. The minimum absolute atomic E-state index is 0.152. The molecule has 0 atom stereocenters. The monoisotopic (exact) mass is 326 g/mol. The second-order valence-corrected chi connectivity index (χ2v) is 5.04. The third-order valence-electron chi connectivity index (χ3n) is 2.23. The Morgan fingerprint density at radius 3 is 2.32 bits per heavy atom. The van der Waals surface area contributed by atoms with Gasteiger partial charge in [-0.1, -0.05) is 6.08 Å². The van der Waals surface area contributed by atoms with E-state index in [-0.39, 0.29) is 5.57 Å². The molecule has 0 unspecified atom stereocenters. The second kappa shape index (κ2) is 5.05. The van der Waals surface area contributed by atoms with Gasteiger partial charge in [-0.2, -0.15) is 0 Å². The highest BCUT2D eigenvalue weighted by Gasteiger charge is 2.38. The van der Waals surface area contributed by atoms with E-state index in [0.29, 0.717) is 10.4 Å². The van der Waals surface area contributed by atoms with Crippen LogP contribution in [0.1, 0.15) is 19.6 Å². The zero-order valence-electron chi connectivity index (χ0n) is 10.3. The molecule has 0 aliphatic carbocycles. The van der Waals surface area contributed by atoms with Gasteiger partial charge in [0.2, 0.25) is 0 Å². The van der Waals surface area contributed by atoms with E-state index in [1.165, 1.54) is 26.0 Å². The van der Waals surface area contributed by atoms with Crippen LogP contribution in [0.4, 0.5) is 0 Å². The Hall–Kier alpha value is -1.82. The van der Waals surface area contributed by atoms with Gasteiger partial charge in [-0.05, 0) is 40.2 Å². The maximum atomic E-state index is 11.6. The van der Waals surface area contributed by atoms with E-state index in [4.69, 9.17) is 13.9 Å². The maximum Gasteiger partial charge on any atom is 0.348 e. The molecular formula is C13H11BrO5. The van der Waals surface area contributed by atoms with Crippen LogP contribution in [0.15, 0.2) is 38.9 Å². The number of cyclic esters (lactones) is 2. The van der Waals surface area contributed by atoms with Gasteiger partial charge in [-0.15, -0.1) is 0 Å². The number of carbonyl (C=O) groups excluding carboxylic acids is 2. The van der Waals surface area contributed by atoms with E-state index < -0.39 is 17.7 Å². The molecule has 2 heterocycles. The Balaban J connectivity index is 2.13. The van der Waals surface area contributed by atoms with Crippen LogP contribution in [0.2, 0.25) is 0 Å². The summed E-state index contributed by atoms with van der Waals surface area (Å²) in [5.41, 5.74) is -0.152. The lowest BCUT2D eigenvalue weighted by atomic mass is 10.2. The average Bonchev–Trinajstić information content (AvgIpc) is 2.67. The van der Waals surface area contributed by atoms with Crippen LogP contribution < -0.4 is 0 Å². The number of rotatable bonds is 2. The van der Waals surface area contributed by atoms with Crippen LogP contribution in [0.25, 0.3) is 6.08 Å². The molecule has 0 bridgehead atoms. The molecule has 1 saturated heterocycles.